The average Bonchev–Trinajstić information content (AvgIpc) is 3.43. The fraction of sp³-hybridized carbons (Fsp3) is 0.147. The first-order valence-corrected chi connectivity index (χ1v) is 13.9. The van der Waals surface area contributed by atoms with Crippen LogP contribution in [0.15, 0.2) is 97.1 Å². The Morgan fingerprint density at radius 3 is 2.26 bits per heavy atom. The second kappa shape index (κ2) is 9.33. The van der Waals surface area contributed by atoms with Crippen LogP contribution in [0, 0.1) is 22.5 Å². The quantitative estimate of drug-likeness (QED) is 0.114. The Hall–Kier alpha value is -4.88. The summed E-state index contributed by atoms with van der Waals surface area (Å²) in [7, 11) is 0. The number of Topliss-reactive ketones (excluding diaryl/α,β-unsaturated/α-hetero) is 3. The molecule has 0 saturated carbocycles. The van der Waals surface area contributed by atoms with Gasteiger partial charge in [0.25, 0.3) is 5.69 Å². The molecule has 3 aliphatic rings. The van der Waals surface area contributed by atoms with Crippen LogP contribution in [0.3, 0.4) is 0 Å². The third-order valence-electron chi connectivity index (χ3n) is 8.81. The highest BCUT2D eigenvalue weighted by molar-refractivity contribution is 6.32. The van der Waals surface area contributed by atoms with E-state index in [2.05, 4.69) is 0 Å². The van der Waals surface area contributed by atoms with Crippen LogP contribution in [-0.4, -0.2) is 34.4 Å². The Bertz CT molecular complexity index is 1840. The van der Waals surface area contributed by atoms with Gasteiger partial charge in [-0.1, -0.05) is 90.0 Å². The number of hydrogen-bond donors (Lipinski definition) is 0. The monoisotopic (exact) mass is 574 g/mol. The lowest BCUT2D eigenvalue weighted by Gasteiger charge is -2.37. The predicted octanol–water partition coefficient (Wildman–Crippen LogP) is 6.87. The molecule has 7 nitrogen and oxygen atoms in total. The van der Waals surface area contributed by atoms with E-state index >= 15 is 0 Å². The summed E-state index contributed by atoms with van der Waals surface area (Å²) in [6.45, 7) is 1.92. The Balaban J connectivity index is 1.56. The van der Waals surface area contributed by atoms with Gasteiger partial charge < -0.3 is 4.90 Å². The number of halogens is 1. The van der Waals surface area contributed by atoms with Crippen molar-refractivity contribution in [2.24, 2.45) is 5.41 Å². The summed E-state index contributed by atoms with van der Waals surface area (Å²) in [5.41, 5.74) is 1.81. The number of nitro groups is 1. The molecule has 2 aliphatic heterocycles. The SMILES string of the molecule is Cc1ccc(C(=O)[C@H]2[C@H](c3cccc([N+](=O)[O-])c3)C3(C(=O)c4ccccc4C3=O)C3C=Cc4cc(Cl)ccc4N32)cc1. The van der Waals surface area contributed by atoms with E-state index in [1.807, 2.05) is 30.0 Å². The topological polar surface area (TPSA) is 97.6 Å². The number of anilines is 1. The van der Waals surface area contributed by atoms with Crippen LogP contribution in [0.2, 0.25) is 5.02 Å². The number of benzene rings is 4. The van der Waals surface area contributed by atoms with Crippen molar-refractivity contribution < 1.29 is 19.3 Å². The molecule has 3 atom stereocenters. The highest BCUT2D eigenvalue weighted by Gasteiger charge is 2.71. The van der Waals surface area contributed by atoms with E-state index in [0.29, 0.717) is 21.8 Å². The van der Waals surface area contributed by atoms with Crippen LogP contribution in [0.1, 0.15) is 53.7 Å². The number of nitrogens with zero attached hydrogens (tertiary/aromatic N) is 2. The summed E-state index contributed by atoms with van der Waals surface area (Å²) in [5.74, 6) is -2.11. The van der Waals surface area contributed by atoms with Crippen molar-refractivity contribution in [3.63, 3.8) is 0 Å². The van der Waals surface area contributed by atoms with Gasteiger partial charge in [-0.15, -0.1) is 0 Å². The molecule has 0 radical (unpaired) electrons. The van der Waals surface area contributed by atoms with Gasteiger partial charge in [-0.3, -0.25) is 24.5 Å². The van der Waals surface area contributed by atoms with Crippen molar-refractivity contribution in [1.82, 2.24) is 0 Å². The number of carbonyl (C=O) groups excluding carboxylic acids is 3. The second-order valence-corrected chi connectivity index (χ2v) is 11.4. The number of hydrogen-bond acceptors (Lipinski definition) is 6. The van der Waals surface area contributed by atoms with Gasteiger partial charge in [0, 0.05) is 45.5 Å². The summed E-state index contributed by atoms with van der Waals surface area (Å²) >= 11 is 6.34. The molecule has 1 saturated heterocycles. The molecule has 4 aromatic carbocycles. The van der Waals surface area contributed by atoms with Crippen molar-refractivity contribution >= 4 is 46.4 Å². The number of ketones is 3. The number of carbonyl (C=O) groups is 3. The Kier molecular flexibility index (Phi) is 5.78. The summed E-state index contributed by atoms with van der Waals surface area (Å²) in [6.07, 6.45) is 3.63. The van der Waals surface area contributed by atoms with E-state index in [-0.39, 0.29) is 22.6 Å². The van der Waals surface area contributed by atoms with E-state index in [0.717, 1.165) is 11.1 Å². The molecule has 0 bridgehead atoms. The zero-order valence-corrected chi connectivity index (χ0v) is 23.1. The molecule has 0 N–H and O–H groups in total. The summed E-state index contributed by atoms with van der Waals surface area (Å²) in [4.78, 5) is 57.2. The van der Waals surface area contributed by atoms with Crippen LogP contribution in [0.4, 0.5) is 11.4 Å². The lowest BCUT2D eigenvalue weighted by molar-refractivity contribution is -0.384. The van der Waals surface area contributed by atoms with Crippen LogP contribution in [-0.2, 0) is 0 Å². The van der Waals surface area contributed by atoms with E-state index in [1.165, 1.54) is 18.2 Å². The Labute approximate surface area is 246 Å². The number of rotatable bonds is 4. The average molecular weight is 575 g/mol. The molecule has 1 unspecified atom stereocenters. The molecule has 42 heavy (non-hydrogen) atoms. The van der Waals surface area contributed by atoms with E-state index in [9.17, 15) is 24.5 Å². The number of nitro benzene ring substituents is 1. The van der Waals surface area contributed by atoms with Gasteiger partial charge in [0.05, 0.1) is 11.0 Å². The lowest BCUT2D eigenvalue weighted by atomic mass is 9.64. The minimum atomic E-state index is -1.74. The largest absolute Gasteiger partial charge is 0.352 e. The third kappa shape index (κ3) is 3.50. The maximum absolute atomic E-state index is 14.7. The van der Waals surface area contributed by atoms with Gasteiger partial charge in [0.1, 0.15) is 11.5 Å². The van der Waals surface area contributed by atoms with Gasteiger partial charge in [0.2, 0.25) is 0 Å². The summed E-state index contributed by atoms with van der Waals surface area (Å²) < 4.78 is 0. The van der Waals surface area contributed by atoms with Crippen LogP contribution >= 0.6 is 11.6 Å². The first-order chi connectivity index (χ1) is 20.2. The van der Waals surface area contributed by atoms with Gasteiger partial charge in [-0.25, -0.2) is 0 Å². The zero-order chi connectivity index (χ0) is 29.3. The van der Waals surface area contributed by atoms with Crippen molar-refractivity contribution in [2.75, 3.05) is 4.90 Å². The second-order valence-electron chi connectivity index (χ2n) is 11.0. The molecule has 206 valence electrons. The molecule has 0 aromatic heterocycles. The van der Waals surface area contributed by atoms with Crippen molar-refractivity contribution in [2.45, 2.75) is 24.9 Å². The highest BCUT2D eigenvalue weighted by atomic mass is 35.5. The molecule has 7 rings (SSSR count). The minimum Gasteiger partial charge on any atom is -0.352 e. The van der Waals surface area contributed by atoms with Gasteiger partial charge >= 0.3 is 0 Å². The maximum Gasteiger partial charge on any atom is 0.269 e. The first-order valence-electron chi connectivity index (χ1n) is 13.5. The molecule has 1 fully saturated rings. The lowest BCUT2D eigenvalue weighted by Crippen LogP contribution is -2.48. The number of non-ortho nitro benzene ring substituents is 1. The standard InChI is InChI=1S/C34H23ClN2O5/c1-19-9-11-20(12-10-19)31(38)30-29(22-5-4-6-24(18-22)37(41)42)34(32(39)25-7-2-3-8-26(25)33(34)40)28-16-13-21-17-23(35)14-15-27(21)36(28)30/h2-18,28-30H,1H3/t28?,29-,30+/m0/s1. The predicted molar refractivity (Wildman–Crippen MR) is 159 cm³/mol. The Morgan fingerprint density at radius 2 is 1.60 bits per heavy atom. The van der Waals surface area contributed by atoms with E-state index in [1.54, 1.807) is 66.7 Å². The van der Waals surface area contributed by atoms with E-state index in [4.69, 9.17) is 11.6 Å². The first kappa shape index (κ1) is 26.0. The number of aryl methyl sites for hydroxylation is 1. The van der Waals surface area contributed by atoms with Gasteiger partial charge in [-0.2, -0.15) is 0 Å². The van der Waals surface area contributed by atoms with Crippen LogP contribution in [0.25, 0.3) is 6.08 Å². The van der Waals surface area contributed by atoms with Crippen LogP contribution in [0.5, 0.6) is 0 Å². The minimum absolute atomic E-state index is 0.188. The smallest absolute Gasteiger partial charge is 0.269 e. The normalized spacial score (nSPS) is 21.3. The third-order valence-corrected chi connectivity index (χ3v) is 9.05. The van der Waals surface area contributed by atoms with E-state index < -0.39 is 39.9 Å². The van der Waals surface area contributed by atoms with Gasteiger partial charge in [0.15, 0.2) is 17.3 Å². The molecule has 0 amide bonds. The molecular formula is C34H23ClN2O5. The highest BCUT2D eigenvalue weighted by Crippen LogP contribution is 2.61. The molecule has 8 heteroatoms. The molecule has 1 aliphatic carbocycles. The van der Waals surface area contributed by atoms with Crippen LogP contribution < -0.4 is 4.90 Å². The fourth-order valence-electron chi connectivity index (χ4n) is 7.04. The fourth-order valence-corrected chi connectivity index (χ4v) is 7.22. The number of fused-ring (bicyclic) bond motifs is 5. The maximum atomic E-state index is 14.7. The molecular weight excluding hydrogens is 552 g/mol. The summed E-state index contributed by atoms with van der Waals surface area (Å²) in [5, 5.41) is 12.4. The van der Waals surface area contributed by atoms with Crippen molar-refractivity contribution in [1.29, 1.82) is 0 Å². The van der Waals surface area contributed by atoms with Crippen molar-refractivity contribution in [3.05, 3.63) is 146 Å². The van der Waals surface area contributed by atoms with Gasteiger partial charge in [-0.05, 0) is 36.2 Å². The zero-order valence-electron chi connectivity index (χ0n) is 22.4. The molecule has 1 spiro atoms. The Morgan fingerprint density at radius 1 is 0.905 bits per heavy atom. The summed E-state index contributed by atoms with van der Waals surface area (Å²) in [6, 6.07) is 23.2. The molecule has 2 heterocycles. The molecule has 4 aromatic rings. The van der Waals surface area contributed by atoms with Crippen molar-refractivity contribution in [3.8, 4) is 0 Å².